The number of aromatic nitrogens is 3. The van der Waals surface area contributed by atoms with Gasteiger partial charge in [-0.15, -0.1) is 5.10 Å². The number of halogens is 1. The summed E-state index contributed by atoms with van der Waals surface area (Å²) >= 11 is 0. The van der Waals surface area contributed by atoms with Gasteiger partial charge in [-0.2, -0.15) is 0 Å². The fourth-order valence-electron chi connectivity index (χ4n) is 3.91. The van der Waals surface area contributed by atoms with Gasteiger partial charge in [0.25, 0.3) is 5.91 Å². The molecule has 152 valence electrons. The zero-order valence-electron chi connectivity index (χ0n) is 16.4. The molecule has 4 heterocycles. The van der Waals surface area contributed by atoms with Crippen molar-refractivity contribution in [1.82, 2.24) is 24.6 Å². The molecule has 1 unspecified atom stereocenters. The maximum Gasteiger partial charge on any atom is 0.257 e. The van der Waals surface area contributed by atoms with Crippen LogP contribution in [0.25, 0.3) is 16.6 Å². The van der Waals surface area contributed by atoms with Crippen LogP contribution < -0.4 is 0 Å². The van der Waals surface area contributed by atoms with Crippen molar-refractivity contribution in [3.05, 3.63) is 78.3 Å². The zero-order chi connectivity index (χ0) is 20.7. The molecule has 1 saturated heterocycles. The van der Waals surface area contributed by atoms with Crippen LogP contribution in [-0.4, -0.2) is 57.2 Å². The van der Waals surface area contributed by atoms with Gasteiger partial charge >= 0.3 is 0 Å². The molecule has 1 aromatic carbocycles. The first-order chi connectivity index (χ1) is 14.6. The highest BCUT2D eigenvalue weighted by Crippen LogP contribution is 2.28. The molecule has 1 aliphatic rings. The predicted molar refractivity (Wildman–Crippen MR) is 108 cm³/mol. The van der Waals surface area contributed by atoms with Crippen LogP contribution >= 0.6 is 0 Å². The summed E-state index contributed by atoms with van der Waals surface area (Å²) in [5.41, 5.74) is 3.86. The molecule has 0 spiro atoms. The molecule has 8 heteroatoms. The maximum atomic E-state index is 13.6. The van der Waals surface area contributed by atoms with Crippen molar-refractivity contribution in [1.29, 1.82) is 0 Å². The molecule has 0 radical (unpaired) electrons. The number of likely N-dealkylation sites (N-methyl/N-ethyl adjacent to an activating group) is 1. The van der Waals surface area contributed by atoms with Gasteiger partial charge in [0.1, 0.15) is 17.8 Å². The number of hydrogen-bond donors (Lipinski definition) is 0. The number of carbonyl (C=O) groups excluding carboxylic acids is 1. The smallest absolute Gasteiger partial charge is 0.257 e. The maximum absolute atomic E-state index is 13.6. The Balaban J connectivity index is 1.45. The van der Waals surface area contributed by atoms with Gasteiger partial charge in [-0.05, 0) is 36.9 Å². The lowest BCUT2D eigenvalue weighted by Crippen LogP contribution is -2.49. The number of furan rings is 1. The van der Waals surface area contributed by atoms with Crippen LogP contribution in [0.2, 0.25) is 0 Å². The van der Waals surface area contributed by atoms with Crippen LogP contribution in [-0.2, 0) is 0 Å². The minimum Gasteiger partial charge on any atom is -0.472 e. The second kappa shape index (κ2) is 7.38. The van der Waals surface area contributed by atoms with E-state index in [9.17, 15) is 9.18 Å². The second-order valence-electron chi connectivity index (χ2n) is 7.49. The number of carbonyl (C=O) groups is 1. The van der Waals surface area contributed by atoms with Crippen LogP contribution in [0.4, 0.5) is 4.39 Å². The first-order valence-corrected chi connectivity index (χ1v) is 9.73. The van der Waals surface area contributed by atoms with Gasteiger partial charge in [0, 0.05) is 31.4 Å². The molecular formula is C22H20FN5O2. The molecular weight excluding hydrogens is 385 g/mol. The topological polar surface area (TPSA) is 66.9 Å². The number of piperazine rings is 1. The molecule has 1 amide bonds. The summed E-state index contributed by atoms with van der Waals surface area (Å²) < 4.78 is 20.3. The van der Waals surface area contributed by atoms with Gasteiger partial charge in [0.2, 0.25) is 0 Å². The van der Waals surface area contributed by atoms with Crippen LogP contribution in [0.5, 0.6) is 0 Å². The van der Waals surface area contributed by atoms with Crippen molar-refractivity contribution < 1.29 is 13.6 Å². The molecule has 5 rings (SSSR count). The molecule has 1 atom stereocenters. The zero-order valence-corrected chi connectivity index (χ0v) is 16.4. The van der Waals surface area contributed by atoms with E-state index in [1.165, 1.54) is 24.7 Å². The van der Waals surface area contributed by atoms with Crippen molar-refractivity contribution >= 4 is 11.4 Å². The van der Waals surface area contributed by atoms with E-state index in [2.05, 4.69) is 15.2 Å². The van der Waals surface area contributed by atoms with Crippen LogP contribution in [0, 0.1) is 5.82 Å². The minimum atomic E-state index is -0.280. The quantitative estimate of drug-likeness (QED) is 0.523. The summed E-state index contributed by atoms with van der Waals surface area (Å²) in [7, 11) is 2.02. The van der Waals surface area contributed by atoms with E-state index in [4.69, 9.17) is 4.42 Å². The van der Waals surface area contributed by atoms with Crippen molar-refractivity contribution in [3.8, 4) is 11.1 Å². The highest BCUT2D eigenvalue weighted by atomic mass is 19.1. The predicted octanol–water partition coefficient (Wildman–Crippen LogP) is 3.26. The Morgan fingerprint density at radius 3 is 2.87 bits per heavy atom. The van der Waals surface area contributed by atoms with Crippen molar-refractivity contribution in [2.45, 2.75) is 6.04 Å². The van der Waals surface area contributed by atoms with Gasteiger partial charge in [0.15, 0.2) is 0 Å². The van der Waals surface area contributed by atoms with Crippen molar-refractivity contribution in [2.75, 3.05) is 26.7 Å². The molecule has 7 nitrogen and oxygen atoms in total. The van der Waals surface area contributed by atoms with E-state index in [-0.39, 0.29) is 17.8 Å². The number of amides is 1. The van der Waals surface area contributed by atoms with Gasteiger partial charge in [-0.3, -0.25) is 9.69 Å². The molecule has 30 heavy (non-hydrogen) atoms. The lowest BCUT2D eigenvalue weighted by Gasteiger charge is -2.38. The summed E-state index contributed by atoms with van der Waals surface area (Å²) in [5.74, 6) is -0.329. The van der Waals surface area contributed by atoms with E-state index >= 15 is 0 Å². The third kappa shape index (κ3) is 3.25. The number of pyridine rings is 1. The van der Waals surface area contributed by atoms with Gasteiger partial charge in [0.05, 0.1) is 23.4 Å². The highest BCUT2D eigenvalue weighted by Gasteiger charge is 2.32. The third-order valence-corrected chi connectivity index (χ3v) is 5.62. The largest absolute Gasteiger partial charge is 0.472 e. The third-order valence-electron chi connectivity index (χ3n) is 5.62. The summed E-state index contributed by atoms with van der Waals surface area (Å²) in [6.07, 6.45) is 4.82. The Kier molecular flexibility index (Phi) is 4.55. The minimum absolute atomic E-state index is 0.0493. The van der Waals surface area contributed by atoms with Gasteiger partial charge in [-0.25, -0.2) is 8.91 Å². The Labute approximate surface area is 172 Å². The first kappa shape index (κ1) is 18.5. The van der Waals surface area contributed by atoms with Crippen LogP contribution in [0.1, 0.15) is 22.1 Å². The number of rotatable bonds is 3. The molecule has 0 N–H and O–H groups in total. The van der Waals surface area contributed by atoms with E-state index < -0.39 is 0 Å². The Morgan fingerprint density at radius 2 is 2.07 bits per heavy atom. The number of hydrogen-bond acceptors (Lipinski definition) is 5. The monoisotopic (exact) mass is 405 g/mol. The standard InChI is InChI=1S/C22H20FN5O2/c1-26-8-9-27(22(29)17-7-10-30-14-17)13-20(26)21-19-6-5-16(12-28(19)25-24-21)15-3-2-4-18(23)11-15/h2-7,10-12,14,20H,8-9,13H2,1H3. The van der Waals surface area contributed by atoms with E-state index in [0.29, 0.717) is 18.7 Å². The molecule has 4 aromatic rings. The highest BCUT2D eigenvalue weighted by molar-refractivity contribution is 5.94. The molecule has 1 fully saturated rings. The van der Waals surface area contributed by atoms with E-state index in [0.717, 1.165) is 28.9 Å². The SMILES string of the molecule is CN1CCN(C(=O)c2ccoc2)CC1c1nnn2cc(-c3cccc(F)c3)ccc12. The molecule has 0 saturated carbocycles. The Morgan fingerprint density at radius 1 is 1.17 bits per heavy atom. The Bertz CT molecular complexity index is 1200. The lowest BCUT2D eigenvalue weighted by molar-refractivity contribution is 0.0541. The van der Waals surface area contributed by atoms with Gasteiger partial charge in [-0.1, -0.05) is 23.4 Å². The average Bonchev–Trinajstić information content (AvgIpc) is 3.43. The number of benzene rings is 1. The average molecular weight is 405 g/mol. The van der Waals surface area contributed by atoms with Crippen molar-refractivity contribution in [2.24, 2.45) is 0 Å². The fraction of sp³-hybridized carbons (Fsp3) is 0.227. The normalized spacial score (nSPS) is 17.5. The second-order valence-corrected chi connectivity index (χ2v) is 7.49. The van der Waals surface area contributed by atoms with E-state index in [1.54, 1.807) is 16.6 Å². The number of fused-ring (bicyclic) bond motifs is 1. The van der Waals surface area contributed by atoms with Crippen LogP contribution in [0.15, 0.2) is 65.6 Å². The Hall–Kier alpha value is -3.52. The molecule has 0 bridgehead atoms. The molecule has 3 aromatic heterocycles. The van der Waals surface area contributed by atoms with Crippen molar-refractivity contribution in [3.63, 3.8) is 0 Å². The lowest BCUT2D eigenvalue weighted by atomic mass is 10.1. The fourth-order valence-corrected chi connectivity index (χ4v) is 3.91. The van der Waals surface area contributed by atoms with Crippen LogP contribution in [0.3, 0.4) is 0 Å². The molecule has 1 aliphatic heterocycles. The number of nitrogens with zero attached hydrogens (tertiary/aromatic N) is 5. The summed E-state index contributed by atoms with van der Waals surface area (Å²) in [4.78, 5) is 16.8. The van der Waals surface area contributed by atoms with E-state index in [1.807, 2.05) is 36.3 Å². The van der Waals surface area contributed by atoms with Gasteiger partial charge < -0.3 is 9.32 Å². The molecule has 0 aliphatic carbocycles. The summed E-state index contributed by atoms with van der Waals surface area (Å²) in [6, 6.07) is 11.9. The summed E-state index contributed by atoms with van der Waals surface area (Å²) in [5, 5.41) is 8.70. The first-order valence-electron chi connectivity index (χ1n) is 9.73. The summed E-state index contributed by atoms with van der Waals surface area (Å²) in [6.45, 7) is 1.88.